The summed E-state index contributed by atoms with van der Waals surface area (Å²) in [4.78, 5) is 7.32. The van der Waals surface area contributed by atoms with E-state index < -0.39 is 0 Å². The second-order valence-electron chi connectivity index (χ2n) is 7.69. The number of nitrogens with one attached hydrogen (secondary N) is 2. The Hall–Kier alpha value is -0.860. The molecule has 2 rings (SSSR count). The average Bonchev–Trinajstić information content (AvgIpc) is 2.69. The molecule has 1 atom stereocenters. The van der Waals surface area contributed by atoms with Gasteiger partial charge in [0.2, 0.25) is 0 Å². The van der Waals surface area contributed by atoms with Gasteiger partial charge in [0.15, 0.2) is 5.96 Å². The normalized spacial score (nSPS) is 17.1. The second kappa shape index (κ2) is 14.2. The van der Waals surface area contributed by atoms with Crippen molar-refractivity contribution in [3.8, 4) is 0 Å². The maximum atomic E-state index is 5.18. The molecule has 0 amide bonds. The van der Waals surface area contributed by atoms with Crippen LogP contribution < -0.4 is 10.6 Å². The fourth-order valence-electron chi connectivity index (χ4n) is 3.45. The molecule has 0 radical (unpaired) electrons. The van der Waals surface area contributed by atoms with Crippen molar-refractivity contribution in [2.45, 2.75) is 39.5 Å². The van der Waals surface area contributed by atoms with E-state index in [1.54, 1.807) is 7.11 Å². The van der Waals surface area contributed by atoms with Gasteiger partial charge in [0.25, 0.3) is 0 Å². The number of rotatable bonds is 9. The van der Waals surface area contributed by atoms with Gasteiger partial charge in [-0.15, -0.1) is 24.0 Å². The average molecular weight is 502 g/mol. The molecule has 1 fully saturated rings. The predicted octanol–water partition coefficient (Wildman–Crippen LogP) is 3.63. The lowest BCUT2D eigenvalue weighted by Crippen LogP contribution is -2.43. The first-order chi connectivity index (χ1) is 13.1. The molecule has 2 N–H and O–H groups in total. The van der Waals surface area contributed by atoms with Crippen molar-refractivity contribution in [1.29, 1.82) is 0 Å². The zero-order valence-electron chi connectivity index (χ0n) is 18.0. The molecule has 0 saturated carbocycles. The molecule has 1 aromatic carbocycles. The third-order valence-electron chi connectivity index (χ3n) is 5.39. The van der Waals surface area contributed by atoms with Crippen molar-refractivity contribution in [2.24, 2.45) is 10.9 Å². The van der Waals surface area contributed by atoms with E-state index in [2.05, 4.69) is 60.6 Å². The van der Waals surface area contributed by atoms with Crippen molar-refractivity contribution in [3.05, 3.63) is 35.4 Å². The first-order valence-electron chi connectivity index (χ1n) is 10.4. The number of aryl methyl sites for hydroxylation is 1. The highest BCUT2D eigenvalue weighted by molar-refractivity contribution is 14.0. The fourth-order valence-corrected chi connectivity index (χ4v) is 3.45. The van der Waals surface area contributed by atoms with Crippen molar-refractivity contribution < 1.29 is 4.74 Å². The van der Waals surface area contributed by atoms with E-state index in [0.29, 0.717) is 5.92 Å². The lowest BCUT2D eigenvalue weighted by molar-refractivity contribution is 0.121. The number of nitrogens with zero attached hydrogens (tertiary/aromatic N) is 2. The summed E-state index contributed by atoms with van der Waals surface area (Å²) in [5.74, 6) is 2.09. The molecule has 1 saturated heterocycles. The number of guanidine groups is 1. The SMILES string of the molecule is CCNC(=NCC(C)c1ccc(C)cc1)NCC1CCN(CCOC)CC1.I. The monoisotopic (exact) mass is 502 g/mol. The van der Waals surface area contributed by atoms with E-state index in [1.165, 1.54) is 37.1 Å². The van der Waals surface area contributed by atoms with Crippen LogP contribution in [0.1, 0.15) is 43.7 Å². The third-order valence-corrected chi connectivity index (χ3v) is 5.39. The van der Waals surface area contributed by atoms with Gasteiger partial charge in [0.05, 0.1) is 6.61 Å². The second-order valence-corrected chi connectivity index (χ2v) is 7.69. The summed E-state index contributed by atoms with van der Waals surface area (Å²) in [7, 11) is 1.78. The van der Waals surface area contributed by atoms with Crippen molar-refractivity contribution >= 4 is 29.9 Å². The highest BCUT2D eigenvalue weighted by Crippen LogP contribution is 2.17. The van der Waals surface area contributed by atoms with Crippen molar-refractivity contribution in [3.63, 3.8) is 0 Å². The van der Waals surface area contributed by atoms with Crippen molar-refractivity contribution in [1.82, 2.24) is 15.5 Å². The first-order valence-corrected chi connectivity index (χ1v) is 10.4. The van der Waals surface area contributed by atoms with Gasteiger partial charge < -0.3 is 20.3 Å². The zero-order valence-corrected chi connectivity index (χ0v) is 20.4. The minimum atomic E-state index is 0. The molecule has 1 aliphatic rings. The Morgan fingerprint density at radius 2 is 1.89 bits per heavy atom. The zero-order chi connectivity index (χ0) is 19.5. The van der Waals surface area contributed by atoms with Gasteiger partial charge >= 0.3 is 0 Å². The number of halogens is 1. The Balaban J connectivity index is 0.00000392. The molecular weight excluding hydrogens is 463 g/mol. The summed E-state index contributed by atoms with van der Waals surface area (Å²) < 4.78 is 5.18. The van der Waals surface area contributed by atoms with E-state index in [9.17, 15) is 0 Å². The van der Waals surface area contributed by atoms with Crippen LogP contribution >= 0.6 is 24.0 Å². The summed E-state index contributed by atoms with van der Waals surface area (Å²) in [5.41, 5.74) is 2.65. The molecule has 0 aromatic heterocycles. The fraction of sp³-hybridized carbons (Fsp3) is 0.682. The minimum absolute atomic E-state index is 0. The number of piperidine rings is 1. The summed E-state index contributed by atoms with van der Waals surface area (Å²) in [6.07, 6.45) is 2.49. The smallest absolute Gasteiger partial charge is 0.191 e. The number of likely N-dealkylation sites (tertiary alicyclic amines) is 1. The van der Waals surface area contributed by atoms with Crippen LogP contribution in [0.2, 0.25) is 0 Å². The van der Waals surface area contributed by atoms with Crippen LogP contribution in [0.5, 0.6) is 0 Å². The van der Waals surface area contributed by atoms with E-state index in [-0.39, 0.29) is 24.0 Å². The summed E-state index contributed by atoms with van der Waals surface area (Å²) in [5, 5.41) is 6.95. The minimum Gasteiger partial charge on any atom is -0.383 e. The Morgan fingerprint density at radius 1 is 1.21 bits per heavy atom. The van der Waals surface area contributed by atoms with E-state index in [1.807, 2.05) is 0 Å². The maximum Gasteiger partial charge on any atom is 0.191 e. The van der Waals surface area contributed by atoms with Crippen LogP contribution in [0.15, 0.2) is 29.3 Å². The Bertz CT molecular complexity index is 556. The lowest BCUT2D eigenvalue weighted by atomic mass is 9.97. The topological polar surface area (TPSA) is 48.9 Å². The van der Waals surface area contributed by atoms with Crippen LogP contribution in [0.4, 0.5) is 0 Å². The number of aliphatic imine (C=N–C) groups is 1. The van der Waals surface area contributed by atoms with Crippen LogP contribution in [0.3, 0.4) is 0 Å². The number of hydrogen-bond acceptors (Lipinski definition) is 3. The highest BCUT2D eigenvalue weighted by atomic mass is 127. The van der Waals surface area contributed by atoms with Gasteiger partial charge in [-0.3, -0.25) is 4.99 Å². The number of benzene rings is 1. The molecule has 5 nitrogen and oxygen atoms in total. The van der Waals surface area contributed by atoms with Crippen LogP contribution in [-0.2, 0) is 4.74 Å². The van der Waals surface area contributed by atoms with Crippen LogP contribution in [0.25, 0.3) is 0 Å². The molecule has 1 aliphatic heterocycles. The third kappa shape index (κ3) is 9.09. The van der Waals surface area contributed by atoms with E-state index >= 15 is 0 Å². The molecule has 6 heteroatoms. The van der Waals surface area contributed by atoms with Gasteiger partial charge in [-0.25, -0.2) is 0 Å². The molecule has 0 bridgehead atoms. The lowest BCUT2D eigenvalue weighted by Gasteiger charge is -2.32. The van der Waals surface area contributed by atoms with Gasteiger partial charge in [-0.05, 0) is 51.3 Å². The highest BCUT2D eigenvalue weighted by Gasteiger charge is 2.19. The molecule has 160 valence electrons. The maximum absolute atomic E-state index is 5.18. The molecule has 1 heterocycles. The molecule has 1 aromatic rings. The predicted molar refractivity (Wildman–Crippen MR) is 130 cm³/mol. The summed E-state index contributed by atoms with van der Waals surface area (Å²) >= 11 is 0. The van der Waals surface area contributed by atoms with Gasteiger partial charge in [-0.2, -0.15) is 0 Å². The summed E-state index contributed by atoms with van der Waals surface area (Å²) in [6.45, 7) is 13.4. The van der Waals surface area contributed by atoms with Crippen LogP contribution in [0, 0.1) is 12.8 Å². The molecular formula is C22H39IN4O. The number of methoxy groups -OCH3 is 1. The molecule has 28 heavy (non-hydrogen) atoms. The Morgan fingerprint density at radius 3 is 2.50 bits per heavy atom. The van der Waals surface area contributed by atoms with Crippen molar-refractivity contribution in [2.75, 3.05) is 53.0 Å². The number of hydrogen-bond donors (Lipinski definition) is 2. The van der Waals surface area contributed by atoms with E-state index in [4.69, 9.17) is 9.73 Å². The first kappa shape index (κ1) is 25.2. The van der Waals surface area contributed by atoms with Crippen LogP contribution in [-0.4, -0.2) is 63.8 Å². The van der Waals surface area contributed by atoms with Gasteiger partial charge in [0, 0.05) is 39.2 Å². The standard InChI is InChI=1S/C22H38N4O.HI/c1-5-23-22(24-16-19(3)21-8-6-18(2)7-9-21)25-17-20-10-12-26(13-11-20)14-15-27-4;/h6-9,19-20H,5,10-17H2,1-4H3,(H2,23,24,25);1H. The van der Waals surface area contributed by atoms with Gasteiger partial charge in [0.1, 0.15) is 0 Å². The molecule has 0 aliphatic carbocycles. The quantitative estimate of drug-likeness (QED) is 0.308. The molecule has 1 unspecified atom stereocenters. The summed E-state index contributed by atoms with van der Waals surface area (Å²) in [6, 6.07) is 8.79. The van der Waals surface area contributed by atoms with E-state index in [0.717, 1.165) is 44.7 Å². The Labute approximate surface area is 188 Å². The number of ether oxygens (including phenoxy) is 1. The Kier molecular flexibility index (Phi) is 12.7. The van der Waals surface area contributed by atoms with Gasteiger partial charge in [-0.1, -0.05) is 36.8 Å². The largest absolute Gasteiger partial charge is 0.383 e. The molecule has 0 spiro atoms.